The fourth-order valence-electron chi connectivity index (χ4n) is 3.00. The third-order valence-corrected chi connectivity index (χ3v) is 4.31. The van der Waals surface area contributed by atoms with E-state index in [9.17, 15) is 14.4 Å². The minimum absolute atomic E-state index is 0.0131. The Balaban J connectivity index is 1.74. The SMILES string of the molecule is CC(C)(C)OC(=O)N1CCC(C(=O)CCC2=CC=CC(=O)C2)CC1. The Morgan fingerprint density at radius 1 is 1.25 bits per heavy atom. The molecule has 24 heavy (non-hydrogen) atoms. The largest absolute Gasteiger partial charge is 0.444 e. The number of carbonyl (C=O) groups is 3. The van der Waals surface area contributed by atoms with Crippen molar-refractivity contribution in [2.75, 3.05) is 13.1 Å². The Kier molecular flexibility index (Phi) is 5.97. The minimum atomic E-state index is -0.497. The molecule has 0 aromatic carbocycles. The molecule has 0 aromatic heterocycles. The van der Waals surface area contributed by atoms with E-state index in [1.807, 2.05) is 26.8 Å². The summed E-state index contributed by atoms with van der Waals surface area (Å²) in [5, 5.41) is 0. The second kappa shape index (κ2) is 7.77. The molecule has 0 radical (unpaired) electrons. The van der Waals surface area contributed by atoms with Gasteiger partial charge in [-0.1, -0.05) is 17.7 Å². The molecule has 5 heteroatoms. The van der Waals surface area contributed by atoms with E-state index in [0.29, 0.717) is 45.2 Å². The molecule has 0 aromatic rings. The van der Waals surface area contributed by atoms with Gasteiger partial charge in [0.25, 0.3) is 0 Å². The fraction of sp³-hybridized carbons (Fsp3) is 0.632. The average molecular weight is 333 g/mol. The van der Waals surface area contributed by atoms with Crippen molar-refractivity contribution in [1.29, 1.82) is 0 Å². The van der Waals surface area contributed by atoms with Gasteiger partial charge in [0, 0.05) is 31.8 Å². The molecule has 1 aliphatic carbocycles. The van der Waals surface area contributed by atoms with E-state index in [4.69, 9.17) is 4.74 Å². The maximum atomic E-state index is 12.4. The Morgan fingerprint density at radius 2 is 1.92 bits per heavy atom. The summed E-state index contributed by atoms with van der Waals surface area (Å²) in [4.78, 5) is 37.4. The number of amides is 1. The number of Topliss-reactive ketones (excluding diaryl/α,β-unsaturated/α-hetero) is 1. The summed E-state index contributed by atoms with van der Waals surface area (Å²) in [7, 11) is 0. The molecule has 1 saturated heterocycles. The van der Waals surface area contributed by atoms with E-state index >= 15 is 0 Å². The standard InChI is InChI=1S/C19H27NO4/c1-19(2,3)24-18(23)20-11-9-15(10-12-20)17(22)8-7-14-5-4-6-16(21)13-14/h4-6,15H,7-13H2,1-3H3. The van der Waals surface area contributed by atoms with Crippen LogP contribution in [0.2, 0.25) is 0 Å². The minimum Gasteiger partial charge on any atom is -0.444 e. The highest BCUT2D eigenvalue weighted by Gasteiger charge is 2.29. The highest BCUT2D eigenvalue weighted by atomic mass is 16.6. The Labute approximate surface area is 143 Å². The van der Waals surface area contributed by atoms with Gasteiger partial charge >= 0.3 is 6.09 Å². The van der Waals surface area contributed by atoms with Crippen LogP contribution in [-0.2, 0) is 14.3 Å². The number of nitrogens with zero attached hydrogens (tertiary/aromatic N) is 1. The molecule has 1 heterocycles. The van der Waals surface area contributed by atoms with E-state index in [1.54, 1.807) is 17.1 Å². The molecule has 1 amide bonds. The van der Waals surface area contributed by atoms with Gasteiger partial charge in [0.2, 0.25) is 0 Å². The number of ketones is 2. The molecule has 0 N–H and O–H groups in total. The summed E-state index contributed by atoms with van der Waals surface area (Å²) < 4.78 is 5.37. The van der Waals surface area contributed by atoms with Crippen LogP contribution < -0.4 is 0 Å². The zero-order chi connectivity index (χ0) is 17.7. The predicted molar refractivity (Wildman–Crippen MR) is 91.6 cm³/mol. The molecule has 5 nitrogen and oxygen atoms in total. The van der Waals surface area contributed by atoms with Crippen LogP contribution in [0.4, 0.5) is 4.79 Å². The van der Waals surface area contributed by atoms with Gasteiger partial charge in [-0.3, -0.25) is 9.59 Å². The third-order valence-electron chi connectivity index (χ3n) is 4.31. The van der Waals surface area contributed by atoms with Crippen LogP contribution in [-0.4, -0.2) is 41.3 Å². The third kappa shape index (κ3) is 5.62. The Hall–Kier alpha value is -1.91. The summed E-state index contributed by atoms with van der Waals surface area (Å²) in [5.41, 5.74) is 0.533. The number of ether oxygens (including phenoxy) is 1. The van der Waals surface area contributed by atoms with Crippen molar-refractivity contribution in [2.24, 2.45) is 5.92 Å². The second-order valence-corrected chi connectivity index (χ2v) is 7.54. The molecule has 0 saturated carbocycles. The lowest BCUT2D eigenvalue weighted by molar-refractivity contribution is -0.124. The van der Waals surface area contributed by atoms with Crippen LogP contribution in [0.25, 0.3) is 0 Å². The van der Waals surface area contributed by atoms with Crippen molar-refractivity contribution < 1.29 is 19.1 Å². The summed E-state index contributed by atoms with van der Waals surface area (Å²) in [6.45, 7) is 6.67. The van der Waals surface area contributed by atoms with E-state index in [1.165, 1.54) is 0 Å². The lowest BCUT2D eigenvalue weighted by Gasteiger charge is -2.33. The lowest BCUT2D eigenvalue weighted by Crippen LogP contribution is -2.43. The quantitative estimate of drug-likeness (QED) is 0.790. The molecular weight excluding hydrogens is 306 g/mol. The summed E-state index contributed by atoms with van der Waals surface area (Å²) >= 11 is 0. The van der Waals surface area contributed by atoms with Crippen molar-refractivity contribution in [3.63, 3.8) is 0 Å². The van der Waals surface area contributed by atoms with Crippen LogP contribution in [0.5, 0.6) is 0 Å². The first-order valence-corrected chi connectivity index (χ1v) is 8.64. The van der Waals surface area contributed by atoms with E-state index in [2.05, 4.69) is 0 Å². The Bertz CT molecular complexity index is 560. The normalized spacial score (nSPS) is 19.2. The zero-order valence-corrected chi connectivity index (χ0v) is 14.8. The second-order valence-electron chi connectivity index (χ2n) is 7.54. The molecule has 0 atom stereocenters. The van der Waals surface area contributed by atoms with Gasteiger partial charge in [0.15, 0.2) is 5.78 Å². The molecule has 1 fully saturated rings. The molecule has 2 aliphatic rings. The molecule has 2 rings (SSSR count). The predicted octanol–water partition coefficient (Wildman–Crippen LogP) is 3.44. The van der Waals surface area contributed by atoms with Crippen LogP contribution in [0.15, 0.2) is 23.8 Å². The first kappa shape index (κ1) is 18.4. The first-order chi connectivity index (χ1) is 11.2. The molecule has 132 valence electrons. The maximum absolute atomic E-state index is 12.4. The number of hydrogen-bond acceptors (Lipinski definition) is 4. The van der Waals surface area contributed by atoms with Crippen molar-refractivity contribution in [3.8, 4) is 0 Å². The number of hydrogen-bond donors (Lipinski definition) is 0. The number of carbonyl (C=O) groups excluding carboxylic acids is 3. The monoisotopic (exact) mass is 333 g/mol. The lowest BCUT2D eigenvalue weighted by atomic mass is 9.88. The van der Waals surface area contributed by atoms with Crippen LogP contribution in [0.3, 0.4) is 0 Å². The first-order valence-electron chi connectivity index (χ1n) is 8.64. The summed E-state index contributed by atoms with van der Waals surface area (Å²) in [6.07, 6.45) is 7.89. The van der Waals surface area contributed by atoms with Crippen molar-refractivity contribution in [2.45, 2.75) is 58.5 Å². The number of rotatable bonds is 4. The molecular formula is C19H27NO4. The maximum Gasteiger partial charge on any atom is 0.410 e. The number of likely N-dealkylation sites (tertiary alicyclic amines) is 1. The van der Waals surface area contributed by atoms with Gasteiger partial charge in [0.1, 0.15) is 11.4 Å². The van der Waals surface area contributed by atoms with Crippen molar-refractivity contribution in [1.82, 2.24) is 4.90 Å². The fourth-order valence-corrected chi connectivity index (χ4v) is 3.00. The van der Waals surface area contributed by atoms with Gasteiger partial charge in [-0.05, 0) is 46.1 Å². The molecule has 0 spiro atoms. The van der Waals surface area contributed by atoms with Gasteiger partial charge in [-0.15, -0.1) is 0 Å². The smallest absolute Gasteiger partial charge is 0.410 e. The highest BCUT2D eigenvalue weighted by molar-refractivity contribution is 5.93. The van der Waals surface area contributed by atoms with Crippen molar-refractivity contribution in [3.05, 3.63) is 23.8 Å². The van der Waals surface area contributed by atoms with E-state index in [-0.39, 0.29) is 23.6 Å². The van der Waals surface area contributed by atoms with Crippen LogP contribution >= 0.6 is 0 Å². The van der Waals surface area contributed by atoms with E-state index in [0.717, 1.165) is 5.57 Å². The van der Waals surface area contributed by atoms with E-state index < -0.39 is 5.60 Å². The highest BCUT2D eigenvalue weighted by Crippen LogP contribution is 2.23. The van der Waals surface area contributed by atoms with Gasteiger partial charge in [-0.25, -0.2) is 4.79 Å². The molecule has 1 aliphatic heterocycles. The van der Waals surface area contributed by atoms with Crippen LogP contribution in [0, 0.1) is 5.92 Å². The average Bonchev–Trinajstić information content (AvgIpc) is 2.51. The van der Waals surface area contributed by atoms with Crippen molar-refractivity contribution >= 4 is 17.7 Å². The topological polar surface area (TPSA) is 63.7 Å². The Morgan fingerprint density at radius 3 is 2.50 bits per heavy atom. The van der Waals surface area contributed by atoms with Gasteiger partial charge in [0.05, 0.1) is 0 Å². The summed E-state index contributed by atoms with van der Waals surface area (Å²) in [6, 6.07) is 0. The molecule has 0 bridgehead atoms. The van der Waals surface area contributed by atoms with Crippen LogP contribution in [0.1, 0.15) is 52.9 Å². The zero-order valence-electron chi connectivity index (χ0n) is 14.8. The van der Waals surface area contributed by atoms with Gasteiger partial charge < -0.3 is 9.64 Å². The summed E-state index contributed by atoms with van der Waals surface area (Å²) in [5.74, 6) is 0.353. The number of piperidine rings is 1. The molecule has 0 unspecified atom stereocenters. The number of allylic oxidation sites excluding steroid dienone is 4. The van der Waals surface area contributed by atoms with Gasteiger partial charge in [-0.2, -0.15) is 0 Å².